The lowest BCUT2D eigenvalue weighted by Gasteiger charge is -2.40. The summed E-state index contributed by atoms with van der Waals surface area (Å²) in [5.74, 6) is 0.306. The van der Waals surface area contributed by atoms with Crippen molar-refractivity contribution in [2.24, 2.45) is 0 Å². The van der Waals surface area contributed by atoms with Crippen LogP contribution in [0.25, 0.3) is 0 Å². The first-order valence-electron chi connectivity index (χ1n) is 8.24. The molecule has 1 aliphatic carbocycles. The Kier molecular flexibility index (Phi) is 6.58. The second kappa shape index (κ2) is 8.67. The zero-order chi connectivity index (χ0) is 16.7. The number of aromatic nitrogens is 2. The Labute approximate surface area is 136 Å². The summed E-state index contributed by atoms with van der Waals surface area (Å²) in [4.78, 5) is 25.3. The van der Waals surface area contributed by atoms with Crippen molar-refractivity contribution in [3.8, 4) is 0 Å². The monoisotopic (exact) mass is 322 g/mol. The van der Waals surface area contributed by atoms with Gasteiger partial charge in [0.15, 0.2) is 0 Å². The van der Waals surface area contributed by atoms with Crippen LogP contribution in [-0.2, 0) is 16.1 Å². The van der Waals surface area contributed by atoms with Gasteiger partial charge >= 0.3 is 0 Å². The molecule has 2 fully saturated rings. The van der Waals surface area contributed by atoms with Crippen LogP contribution in [0.4, 0.5) is 0 Å². The van der Waals surface area contributed by atoms with Crippen LogP contribution in [0.5, 0.6) is 0 Å². The van der Waals surface area contributed by atoms with Crippen LogP contribution in [0.2, 0.25) is 0 Å². The Morgan fingerprint density at radius 2 is 2.13 bits per heavy atom. The molecule has 2 heterocycles. The molecule has 1 aliphatic heterocycles. The van der Waals surface area contributed by atoms with Crippen molar-refractivity contribution in [2.75, 3.05) is 19.6 Å². The van der Waals surface area contributed by atoms with Crippen molar-refractivity contribution in [1.29, 1.82) is 0 Å². The molecule has 23 heavy (non-hydrogen) atoms. The van der Waals surface area contributed by atoms with Gasteiger partial charge in [-0.1, -0.05) is 0 Å². The van der Waals surface area contributed by atoms with E-state index in [1.54, 1.807) is 6.20 Å². The van der Waals surface area contributed by atoms with Crippen molar-refractivity contribution in [1.82, 2.24) is 19.6 Å². The molecule has 1 amide bonds. The molecule has 1 unspecified atom stereocenters. The number of rotatable bonds is 5. The lowest BCUT2D eigenvalue weighted by Crippen LogP contribution is -2.54. The van der Waals surface area contributed by atoms with Crippen LogP contribution in [0.1, 0.15) is 32.6 Å². The average molecular weight is 322 g/mol. The van der Waals surface area contributed by atoms with Gasteiger partial charge in [0.1, 0.15) is 0 Å². The fourth-order valence-electron chi connectivity index (χ4n) is 3.10. The highest BCUT2D eigenvalue weighted by Gasteiger charge is 2.35. The SMILES string of the molecule is CC1CN(C2CC2)CCN1C(=O)CCCn1cccn1.O=CO. The predicted molar refractivity (Wildman–Crippen MR) is 85.9 cm³/mol. The molecule has 128 valence electrons. The number of carbonyl (C=O) groups is 2. The second-order valence-corrected chi connectivity index (χ2v) is 6.14. The molecule has 1 aromatic heterocycles. The van der Waals surface area contributed by atoms with E-state index >= 15 is 0 Å². The van der Waals surface area contributed by atoms with Gasteiger partial charge in [0.25, 0.3) is 6.47 Å². The highest BCUT2D eigenvalue weighted by Crippen LogP contribution is 2.28. The van der Waals surface area contributed by atoms with E-state index in [9.17, 15) is 4.79 Å². The van der Waals surface area contributed by atoms with E-state index in [4.69, 9.17) is 9.90 Å². The van der Waals surface area contributed by atoms with E-state index in [0.29, 0.717) is 18.4 Å². The highest BCUT2D eigenvalue weighted by atomic mass is 16.3. The van der Waals surface area contributed by atoms with E-state index in [1.165, 1.54) is 12.8 Å². The van der Waals surface area contributed by atoms with Crippen molar-refractivity contribution in [3.63, 3.8) is 0 Å². The van der Waals surface area contributed by atoms with Gasteiger partial charge in [-0.15, -0.1) is 0 Å². The minimum Gasteiger partial charge on any atom is -0.483 e. The van der Waals surface area contributed by atoms with Gasteiger partial charge in [0.2, 0.25) is 5.91 Å². The Morgan fingerprint density at radius 3 is 2.70 bits per heavy atom. The molecule has 2 aliphatic rings. The van der Waals surface area contributed by atoms with Crippen molar-refractivity contribution in [3.05, 3.63) is 18.5 Å². The van der Waals surface area contributed by atoms with Crippen LogP contribution >= 0.6 is 0 Å². The maximum atomic E-state index is 12.3. The van der Waals surface area contributed by atoms with E-state index in [-0.39, 0.29) is 6.47 Å². The van der Waals surface area contributed by atoms with Crippen LogP contribution < -0.4 is 0 Å². The number of hydrogen-bond acceptors (Lipinski definition) is 4. The Bertz CT molecular complexity index is 488. The first-order valence-corrected chi connectivity index (χ1v) is 8.24. The number of amides is 1. The Hall–Kier alpha value is -1.89. The zero-order valence-electron chi connectivity index (χ0n) is 13.7. The quantitative estimate of drug-likeness (QED) is 0.820. The lowest BCUT2D eigenvalue weighted by atomic mass is 10.1. The fourth-order valence-corrected chi connectivity index (χ4v) is 3.10. The van der Waals surface area contributed by atoms with Crippen molar-refractivity contribution in [2.45, 2.75) is 51.2 Å². The van der Waals surface area contributed by atoms with Crippen LogP contribution in [0.3, 0.4) is 0 Å². The first kappa shape index (κ1) is 17.5. The van der Waals surface area contributed by atoms with Crippen LogP contribution in [0.15, 0.2) is 18.5 Å². The summed E-state index contributed by atoms with van der Waals surface area (Å²) >= 11 is 0. The maximum absolute atomic E-state index is 12.3. The van der Waals surface area contributed by atoms with E-state index in [1.807, 2.05) is 16.9 Å². The van der Waals surface area contributed by atoms with Gasteiger partial charge < -0.3 is 10.0 Å². The van der Waals surface area contributed by atoms with Gasteiger partial charge in [-0.2, -0.15) is 5.10 Å². The normalized spacial score (nSPS) is 21.4. The van der Waals surface area contributed by atoms with Crippen LogP contribution in [-0.4, -0.2) is 68.8 Å². The van der Waals surface area contributed by atoms with Gasteiger partial charge in [0.05, 0.1) is 0 Å². The fraction of sp³-hybridized carbons (Fsp3) is 0.688. The molecular formula is C16H26N4O3. The minimum absolute atomic E-state index is 0.250. The van der Waals surface area contributed by atoms with Gasteiger partial charge in [-0.25, -0.2) is 0 Å². The first-order chi connectivity index (χ1) is 11.2. The molecule has 0 radical (unpaired) electrons. The molecule has 1 N–H and O–H groups in total. The average Bonchev–Trinajstić information content (AvgIpc) is 3.25. The third-order valence-corrected chi connectivity index (χ3v) is 4.38. The molecule has 7 heteroatoms. The van der Waals surface area contributed by atoms with Gasteiger partial charge in [-0.3, -0.25) is 19.2 Å². The van der Waals surface area contributed by atoms with Gasteiger partial charge in [-0.05, 0) is 32.3 Å². The number of hydrogen-bond donors (Lipinski definition) is 1. The molecule has 0 spiro atoms. The molecule has 3 rings (SSSR count). The highest BCUT2D eigenvalue weighted by molar-refractivity contribution is 5.76. The Morgan fingerprint density at radius 1 is 1.39 bits per heavy atom. The summed E-state index contributed by atoms with van der Waals surface area (Å²) in [6.07, 6.45) is 7.93. The predicted octanol–water partition coefficient (Wildman–Crippen LogP) is 1.06. The third-order valence-electron chi connectivity index (χ3n) is 4.38. The minimum atomic E-state index is -0.250. The standard InChI is InChI=1S/C15H24N4O.CH2O2/c1-13-12-17(14-5-6-14)10-11-19(13)15(20)4-2-8-18-9-3-7-16-18;2-1-3/h3,7,9,13-14H,2,4-6,8,10-12H2,1H3;1H,(H,2,3). The molecule has 0 bridgehead atoms. The molecule has 1 aromatic rings. The van der Waals surface area contributed by atoms with E-state index in [2.05, 4.69) is 21.8 Å². The van der Waals surface area contributed by atoms with E-state index < -0.39 is 0 Å². The summed E-state index contributed by atoms with van der Waals surface area (Å²) < 4.78 is 1.89. The number of piperazine rings is 1. The molecular weight excluding hydrogens is 296 g/mol. The summed E-state index contributed by atoms with van der Waals surface area (Å²) in [5, 5.41) is 11.1. The molecule has 7 nitrogen and oxygen atoms in total. The maximum Gasteiger partial charge on any atom is 0.290 e. The topological polar surface area (TPSA) is 78.7 Å². The Balaban J connectivity index is 0.000000595. The summed E-state index contributed by atoms with van der Waals surface area (Å²) in [6, 6.07) is 3.09. The summed E-state index contributed by atoms with van der Waals surface area (Å²) in [7, 11) is 0. The number of aryl methyl sites for hydroxylation is 1. The molecule has 1 saturated carbocycles. The third kappa shape index (κ3) is 5.35. The van der Waals surface area contributed by atoms with Crippen molar-refractivity contribution >= 4 is 12.4 Å². The zero-order valence-corrected chi connectivity index (χ0v) is 13.7. The molecule has 1 saturated heterocycles. The van der Waals surface area contributed by atoms with Crippen molar-refractivity contribution < 1.29 is 14.7 Å². The van der Waals surface area contributed by atoms with E-state index in [0.717, 1.165) is 38.6 Å². The summed E-state index contributed by atoms with van der Waals surface area (Å²) in [5.41, 5.74) is 0. The molecule has 1 atom stereocenters. The number of nitrogens with zero attached hydrogens (tertiary/aromatic N) is 4. The largest absolute Gasteiger partial charge is 0.483 e. The smallest absolute Gasteiger partial charge is 0.290 e. The van der Waals surface area contributed by atoms with Gasteiger partial charge in [0, 0.05) is 57.1 Å². The summed E-state index contributed by atoms with van der Waals surface area (Å²) in [6.45, 7) is 5.77. The number of carboxylic acid groups (broad SMARTS) is 1. The molecule has 0 aromatic carbocycles. The lowest BCUT2D eigenvalue weighted by molar-refractivity contribution is -0.136. The number of carbonyl (C=O) groups excluding carboxylic acids is 1. The van der Waals surface area contributed by atoms with Crippen LogP contribution in [0, 0.1) is 0 Å². The second-order valence-electron chi connectivity index (χ2n) is 6.14.